The van der Waals surface area contributed by atoms with E-state index in [-0.39, 0.29) is 5.91 Å². The van der Waals surface area contributed by atoms with Crippen LogP contribution in [0.4, 0.5) is 28.7 Å². The molecule has 6 rings (SSSR count). The highest BCUT2D eigenvalue weighted by molar-refractivity contribution is 6.02. The van der Waals surface area contributed by atoms with Crippen molar-refractivity contribution in [3.63, 3.8) is 0 Å². The van der Waals surface area contributed by atoms with E-state index >= 15 is 0 Å². The lowest BCUT2D eigenvalue weighted by atomic mass is 10.0. The van der Waals surface area contributed by atoms with E-state index in [1.807, 2.05) is 43.5 Å². The zero-order chi connectivity index (χ0) is 28.3. The highest BCUT2D eigenvalue weighted by Crippen LogP contribution is 2.39. The molecule has 11 heteroatoms. The highest BCUT2D eigenvalue weighted by Gasteiger charge is 2.24. The van der Waals surface area contributed by atoms with Crippen molar-refractivity contribution in [1.29, 1.82) is 0 Å². The summed E-state index contributed by atoms with van der Waals surface area (Å²) in [6, 6.07) is 13.8. The number of amides is 1. The van der Waals surface area contributed by atoms with Crippen molar-refractivity contribution < 1.29 is 14.3 Å². The van der Waals surface area contributed by atoms with Gasteiger partial charge in [-0.2, -0.15) is 10.1 Å². The van der Waals surface area contributed by atoms with Gasteiger partial charge in [0.1, 0.15) is 5.75 Å². The number of fused-ring (bicyclic) bond motifs is 3. The van der Waals surface area contributed by atoms with Crippen LogP contribution >= 0.6 is 0 Å². The van der Waals surface area contributed by atoms with Crippen molar-refractivity contribution in [3.05, 3.63) is 73.1 Å². The van der Waals surface area contributed by atoms with Crippen LogP contribution in [0.25, 0.3) is 17.1 Å². The molecule has 1 saturated heterocycles. The van der Waals surface area contributed by atoms with Gasteiger partial charge in [0.25, 0.3) is 0 Å². The van der Waals surface area contributed by atoms with Crippen molar-refractivity contribution >= 4 is 34.6 Å². The molecule has 0 saturated carbocycles. The number of nitrogens with one attached hydrogen (secondary N) is 2. The minimum absolute atomic E-state index is 0.303. The Bertz CT molecular complexity index is 1590. The highest BCUT2D eigenvalue weighted by atomic mass is 16.5. The van der Waals surface area contributed by atoms with E-state index in [0.717, 1.165) is 34.7 Å². The summed E-state index contributed by atoms with van der Waals surface area (Å²) in [6.45, 7) is 9.37. The number of anilines is 5. The largest absolute Gasteiger partial charge is 0.492 e. The first-order valence-electron chi connectivity index (χ1n) is 13.6. The number of hydrogen-bond acceptors (Lipinski definition) is 9. The Hall–Kier alpha value is -4.90. The quantitative estimate of drug-likeness (QED) is 0.308. The second kappa shape index (κ2) is 11.3. The average Bonchev–Trinajstić information content (AvgIpc) is 3.43. The number of rotatable bonds is 8. The third-order valence-corrected chi connectivity index (χ3v) is 7.08. The maximum atomic E-state index is 12.3. The minimum Gasteiger partial charge on any atom is -0.492 e. The summed E-state index contributed by atoms with van der Waals surface area (Å²) in [4.78, 5) is 25.9. The average molecular weight is 553 g/mol. The first-order valence-corrected chi connectivity index (χ1v) is 13.6. The second-order valence-corrected chi connectivity index (χ2v) is 9.78. The van der Waals surface area contributed by atoms with E-state index in [0.29, 0.717) is 61.8 Å². The van der Waals surface area contributed by atoms with Crippen LogP contribution in [0.1, 0.15) is 12.5 Å². The number of aromatic nitrogens is 4. The number of carbonyl (C=O) groups excluding carboxylic acids is 1. The van der Waals surface area contributed by atoms with E-state index in [4.69, 9.17) is 19.6 Å². The third kappa shape index (κ3) is 5.31. The van der Waals surface area contributed by atoms with E-state index in [1.165, 1.54) is 6.08 Å². The van der Waals surface area contributed by atoms with Gasteiger partial charge in [-0.3, -0.25) is 4.79 Å². The first-order chi connectivity index (χ1) is 20.0. The van der Waals surface area contributed by atoms with Gasteiger partial charge in [0, 0.05) is 68.0 Å². The molecule has 1 fully saturated rings. The zero-order valence-electron chi connectivity index (χ0n) is 23.1. The van der Waals surface area contributed by atoms with Crippen molar-refractivity contribution in [2.75, 3.05) is 60.4 Å². The molecule has 2 aromatic carbocycles. The monoisotopic (exact) mass is 552 g/mol. The molecule has 4 heterocycles. The van der Waals surface area contributed by atoms with E-state index < -0.39 is 0 Å². The number of morpholine rings is 1. The summed E-state index contributed by atoms with van der Waals surface area (Å²) in [6.07, 6.45) is 4.95. The van der Waals surface area contributed by atoms with Gasteiger partial charge in [0.05, 0.1) is 42.6 Å². The third-order valence-electron chi connectivity index (χ3n) is 7.08. The number of ether oxygens (including phenoxy) is 2. The summed E-state index contributed by atoms with van der Waals surface area (Å²) in [5.74, 6) is 1.31. The molecule has 0 radical (unpaired) electrons. The molecule has 11 nitrogen and oxygen atoms in total. The number of carbonyl (C=O) groups is 1. The fourth-order valence-electron chi connectivity index (χ4n) is 5.17. The predicted octanol–water partition coefficient (Wildman–Crippen LogP) is 4.38. The van der Waals surface area contributed by atoms with E-state index in [2.05, 4.69) is 51.2 Å². The summed E-state index contributed by atoms with van der Waals surface area (Å²) in [5.41, 5.74) is 6.42. The van der Waals surface area contributed by atoms with Gasteiger partial charge in [-0.25, -0.2) is 9.67 Å². The standard InChI is InChI=1S/C30H32N8O3/c1-4-28(39)32-22-16-23(26(41-5-2)17-25(22)37-12-14-40-15-13-37)33-30-31-11-10-27(34-30)38-19-20-18-36(3)24-9-7-6-8-21(24)29(20)35-38/h4,6-11,16-17,19H,1,5,12-15,18H2,2-3H3,(H,32,39)(H,31,33,34). The Kier molecular flexibility index (Phi) is 7.26. The van der Waals surface area contributed by atoms with Crippen LogP contribution in [0.15, 0.2) is 67.5 Å². The van der Waals surface area contributed by atoms with Crippen molar-refractivity contribution in [1.82, 2.24) is 19.7 Å². The fourth-order valence-corrected chi connectivity index (χ4v) is 5.17. The van der Waals surface area contributed by atoms with Crippen LogP contribution in [0.5, 0.6) is 5.75 Å². The molecule has 2 N–H and O–H groups in total. The fraction of sp³-hybridized carbons (Fsp3) is 0.267. The summed E-state index contributed by atoms with van der Waals surface area (Å²) in [7, 11) is 2.08. The Balaban J connectivity index is 1.34. The van der Waals surface area contributed by atoms with Gasteiger partial charge in [-0.15, -0.1) is 0 Å². The minimum atomic E-state index is -0.303. The van der Waals surface area contributed by atoms with Crippen LogP contribution in [-0.4, -0.2) is 65.6 Å². The van der Waals surface area contributed by atoms with Crippen LogP contribution in [0.3, 0.4) is 0 Å². The summed E-state index contributed by atoms with van der Waals surface area (Å²) >= 11 is 0. The molecule has 210 valence electrons. The molecular formula is C30H32N8O3. The second-order valence-electron chi connectivity index (χ2n) is 9.78. The summed E-state index contributed by atoms with van der Waals surface area (Å²) in [5, 5.41) is 11.1. The molecule has 0 spiro atoms. The lowest BCUT2D eigenvalue weighted by Crippen LogP contribution is -2.36. The lowest BCUT2D eigenvalue weighted by Gasteiger charge is -2.31. The normalized spacial score (nSPS) is 14.2. The molecule has 2 aliphatic rings. The Morgan fingerprint density at radius 1 is 1.15 bits per heavy atom. The Morgan fingerprint density at radius 3 is 2.78 bits per heavy atom. The molecule has 4 aromatic rings. The lowest BCUT2D eigenvalue weighted by molar-refractivity contribution is -0.111. The van der Waals surface area contributed by atoms with E-state index in [1.54, 1.807) is 10.9 Å². The Morgan fingerprint density at radius 2 is 1.98 bits per heavy atom. The summed E-state index contributed by atoms with van der Waals surface area (Å²) < 4.78 is 13.3. The molecule has 0 bridgehead atoms. The van der Waals surface area contributed by atoms with Gasteiger partial charge in [-0.1, -0.05) is 24.8 Å². The Labute approximate surface area is 238 Å². The number of benzene rings is 2. The topological polar surface area (TPSA) is 110 Å². The smallest absolute Gasteiger partial charge is 0.247 e. The van der Waals surface area contributed by atoms with Crippen LogP contribution in [0, 0.1) is 0 Å². The van der Waals surface area contributed by atoms with E-state index in [9.17, 15) is 4.79 Å². The van der Waals surface area contributed by atoms with Gasteiger partial charge < -0.3 is 29.9 Å². The van der Waals surface area contributed by atoms with Crippen molar-refractivity contribution in [3.8, 4) is 22.8 Å². The van der Waals surface area contributed by atoms with Crippen LogP contribution in [-0.2, 0) is 16.1 Å². The molecule has 2 aliphatic heterocycles. The number of hydrogen-bond donors (Lipinski definition) is 2. The maximum Gasteiger partial charge on any atom is 0.247 e. The van der Waals surface area contributed by atoms with Gasteiger partial charge in [0.2, 0.25) is 11.9 Å². The molecule has 2 aromatic heterocycles. The van der Waals surface area contributed by atoms with Gasteiger partial charge in [-0.05, 0) is 25.1 Å². The van der Waals surface area contributed by atoms with Crippen LogP contribution < -0.4 is 25.2 Å². The first kappa shape index (κ1) is 26.3. The maximum absolute atomic E-state index is 12.3. The molecule has 1 amide bonds. The number of para-hydroxylation sites is 1. The zero-order valence-corrected chi connectivity index (χ0v) is 23.1. The van der Waals surface area contributed by atoms with Crippen molar-refractivity contribution in [2.24, 2.45) is 0 Å². The van der Waals surface area contributed by atoms with Crippen LogP contribution in [0.2, 0.25) is 0 Å². The molecule has 0 unspecified atom stereocenters. The molecule has 41 heavy (non-hydrogen) atoms. The molecule has 0 aliphatic carbocycles. The molecule has 0 atom stereocenters. The van der Waals surface area contributed by atoms with Gasteiger partial charge in [0.15, 0.2) is 5.82 Å². The molecular weight excluding hydrogens is 520 g/mol. The SMILES string of the molecule is C=CC(=O)Nc1cc(Nc2nccc(-n3cc4c(n3)-c3ccccc3N(C)C4)n2)c(OCC)cc1N1CCOCC1. The number of nitrogens with zero attached hydrogens (tertiary/aromatic N) is 6. The van der Waals surface area contributed by atoms with Crippen molar-refractivity contribution in [2.45, 2.75) is 13.5 Å². The van der Waals surface area contributed by atoms with Gasteiger partial charge >= 0.3 is 0 Å². The predicted molar refractivity (Wildman–Crippen MR) is 159 cm³/mol.